The minimum absolute atomic E-state index is 0.174. The second-order valence-corrected chi connectivity index (χ2v) is 15.4. The number of nitrogens with zero attached hydrogens (tertiary/aromatic N) is 3. The number of amides is 2. The van der Waals surface area contributed by atoms with Gasteiger partial charge in [-0.3, -0.25) is 14.4 Å². The van der Waals surface area contributed by atoms with Crippen LogP contribution in [0.25, 0.3) is 10.4 Å². The normalized spacial score (nSPS) is 15.5. The minimum atomic E-state index is -0.412. The highest BCUT2D eigenvalue weighted by atomic mass is 32.1. The Kier molecular flexibility index (Phi) is 10.6. The monoisotopic (exact) mass is 745 g/mol. The van der Waals surface area contributed by atoms with Gasteiger partial charge in [0.2, 0.25) is 0 Å². The molecule has 0 bridgehead atoms. The number of halogens is 1. The molecule has 2 fully saturated rings. The second-order valence-electron chi connectivity index (χ2n) is 14.3. The maximum absolute atomic E-state index is 14.4. The summed E-state index contributed by atoms with van der Waals surface area (Å²) in [5, 5.41) is 6.10. The van der Waals surface area contributed by atoms with Gasteiger partial charge >= 0.3 is 0 Å². The highest BCUT2D eigenvalue weighted by molar-refractivity contribution is 7.17. The number of nitrogens with one attached hydrogen (secondary N) is 2. The Labute approximate surface area is 319 Å². The van der Waals surface area contributed by atoms with Crippen LogP contribution >= 0.6 is 11.3 Å². The van der Waals surface area contributed by atoms with Crippen LogP contribution in [-0.4, -0.2) is 63.0 Å². The number of hydrogen-bond acceptors (Lipinski definition) is 8. The van der Waals surface area contributed by atoms with Crippen LogP contribution in [-0.2, 0) is 11.2 Å². The van der Waals surface area contributed by atoms with Crippen molar-refractivity contribution >= 4 is 52.3 Å². The third kappa shape index (κ3) is 7.51. The Morgan fingerprint density at radius 3 is 2.35 bits per heavy atom. The molecule has 2 N–H and O–H groups in total. The molecule has 0 saturated carbocycles. The van der Waals surface area contributed by atoms with Gasteiger partial charge < -0.3 is 25.2 Å². The molecule has 54 heavy (non-hydrogen) atoms. The zero-order valence-electron chi connectivity index (χ0n) is 31.0. The number of carbonyl (C=O) groups excluding carboxylic acids is 3. The maximum Gasteiger partial charge on any atom is 0.265 e. The van der Waals surface area contributed by atoms with Crippen molar-refractivity contribution in [2.45, 2.75) is 40.0 Å². The summed E-state index contributed by atoms with van der Waals surface area (Å²) in [6.45, 7) is 10.0. The van der Waals surface area contributed by atoms with Gasteiger partial charge in [-0.2, -0.15) is 0 Å². The molecular weight excluding hydrogens is 702 g/mol. The Bertz CT molecular complexity index is 2180. The van der Waals surface area contributed by atoms with E-state index in [-0.39, 0.29) is 11.8 Å². The zero-order valence-corrected chi connectivity index (χ0v) is 31.8. The van der Waals surface area contributed by atoms with Crippen LogP contribution < -0.4 is 20.4 Å². The smallest absolute Gasteiger partial charge is 0.265 e. The zero-order chi connectivity index (χ0) is 38.0. The molecule has 3 aliphatic heterocycles. The SMILES string of the molecule is CNc1ccc(C(=O)N2CCc3cc(C(=O)Nc4c(C)cccc4C)sc3-c3ccc(F)cc32)cc1.Cc1ccc(C=O)c(N2CC3(CCOCC3)C2)n1. The van der Waals surface area contributed by atoms with E-state index < -0.39 is 5.82 Å². The van der Waals surface area contributed by atoms with Crippen molar-refractivity contribution < 1.29 is 23.5 Å². The highest BCUT2D eigenvalue weighted by Gasteiger charge is 2.45. The van der Waals surface area contributed by atoms with Gasteiger partial charge in [0.25, 0.3) is 11.8 Å². The Hall–Kier alpha value is -5.39. The molecule has 3 aromatic carbocycles. The molecule has 2 saturated heterocycles. The van der Waals surface area contributed by atoms with E-state index in [1.807, 2.05) is 76.3 Å². The van der Waals surface area contributed by atoms with Crippen molar-refractivity contribution in [2.75, 3.05) is 60.3 Å². The molecule has 2 amide bonds. The van der Waals surface area contributed by atoms with E-state index in [0.29, 0.717) is 40.1 Å². The summed E-state index contributed by atoms with van der Waals surface area (Å²) in [6, 6.07) is 23.3. The van der Waals surface area contributed by atoms with Crippen LogP contribution in [0.15, 0.2) is 78.9 Å². The summed E-state index contributed by atoms with van der Waals surface area (Å²) in [5.41, 5.74) is 8.55. The predicted molar refractivity (Wildman–Crippen MR) is 214 cm³/mol. The number of aldehydes is 1. The number of ether oxygens (including phenoxy) is 1. The number of aromatic nitrogens is 1. The van der Waals surface area contributed by atoms with Crippen molar-refractivity contribution in [1.29, 1.82) is 0 Å². The van der Waals surface area contributed by atoms with Gasteiger partial charge in [0, 0.05) is 78.4 Å². The summed E-state index contributed by atoms with van der Waals surface area (Å²) in [7, 11) is 1.82. The van der Waals surface area contributed by atoms with Gasteiger partial charge in [-0.25, -0.2) is 9.37 Å². The lowest BCUT2D eigenvalue weighted by atomic mass is 9.73. The molecule has 0 unspecified atom stereocenters. The van der Waals surface area contributed by atoms with E-state index in [2.05, 4.69) is 20.5 Å². The fourth-order valence-electron chi connectivity index (χ4n) is 7.49. The number of hydrogen-bond donors (Lipinski definition) is 2. The van der Waals surface area contributed by atoms with Crippen LogP contribution in [0.1, 0.15) is 65.6 Å². The third-order valence-corrected chi connectivity index (χ3v) is 11.8. The molecule has 2 aromatic heterocycles. The van der Waals surface area contributed by atoms with Crippen molar-refractivity contribution in [3.8, 4) is 10.4 Å². The van der Waals surface area contributed by atoms with Crippen LogP contribution in [0.3, 0.4) is 0 Å². The molecule has 278 valence electrons. The lowest BCUT2D eigenvalue weighted by Gasteiger charge is -2.53. The lowest BCUT2D eigenvalue weighted by molar-refractivity contribution is -0.000506. The molecule has 8 rings (SSSR count). The third-order valence-electron chi connectivity index (χ3n) is 10.6. The van der Waals surface area contributed by atoms with Crippen LogP contribution in [0, 0.1) is 32.0 Å². The van der Waals surface area contributed by atoms with Crippen molar-refractivity contribution in [2.24, 2.45) is 5.41 Å². The topological polar surface area (TPSA) is 104 Å². The number of anilines is 4. The first-order valence-electron chi connectivity index (χ1n) is 18.2. The van der Waals surface area contributed by atoms with Crippen molar-refractivity contribution in [1.82, 2.24) is 4.98 Å². The number of fused-ring (bicyclic) bond motifs is 3. The van der Waals surface area contributed by atoms with E-state index in [1.165, 1.54) is 23.5 Å². The summed E-state index contributed by atoms with van der Waals surface area (Å²) in [5.74, 6) is 0.0755. The van der Waals surface area contributed by atoms with Crippen LogP contribution in [0.2, 0.25) is 0 Å². The number of para-hydroxylation sites is 1. The maximum atomic E-state index is 14.4. The first-order valence-corrected chi connectivity index (χ1v) is 19.0. The number of rotatable bonds is 6. The average Bonchev–Trinajstić information content (AvgIpc) is 3.54. The van der Waals surface area contributed by atoms with E-state index in [9.17, 15) is 18.8 Å². The number of carbonyl (C=O) groups is 3. The van der Waals surface area contributed by atoms with Crippen molar-refractivity contribution in [3.63, 3.8) is 0 Å². The molecule has 0 atom stereocenters. The molecule has 9 nitrogen and oxygen atoms in total. The average molecular weight is 746 g/mol. The van der Waals surface area contributed by atoms with E-state index >= 15 is 0 Å². The first kappa shape index (κ1) is 36.9. The highest BCUT2D eigenvalue weighted by Crippen LogP contribution is 2.44. The number of thiophene rings is 1. The fourth-order valence-corrected chi connectivity index (χ4v) is 8.63. The van der Waals surface area contributed by atoms with Crippen LogP contribution in [0.4, 0.5) is 27.3 Å². The Morgan fingerprint density at radius 2 is 1.67 bits per heavy atom. The molecule has 5 heterocycles. The largest absolute Gasteiger partial charge is 0.388 e. The van der Waals surface area contributed by atoms with E-state index in [4.69, 9.17) is 4.74 Å². The molecule has 5 aromatic rings. The van der Waals surface area contributed by atoms with Gasteiger partial charge in [-0.05, 0) is 117 Å². The summed E-state index contributed by atoms with van der Waals surface area (Å²) in [6.07, 6.45) is 3.72. The fraction of sp³-hybridized carbons (Fsp3) is 0.302. The van der Waals surface area contributed by atoms with Crippen molar-refractivity contribution in [3.05, 3.63) is 123 Å². The van der Waals surface area contributed by atoms with E-state index in [0.717, 1.165) is 95.4 Å². The lowest BCUT2D eigenvalue weighted by Crippen LogP contribution is -2.59. The summed E-state index contributed by atoms with van der Waals surface area (Å²) < 4.78 is 19.8. The minimum Gasteiger partial charge on any atom is -0.388 e. The first-order chi connectivity index (χ1) is 26.1. The van der Waals surface area contributed by atoms with Gasteiger partial charge in [0.05, 0.1) is 16.1 Å². The molecule has 0 radical (unpaired) electrons. The van der Waals surface area contributed by atoms with Crippen LogP contribution in [0.5, 0.6) is 0 Å². The Balaban J connectivity index is 0.000000208. The Morgan fingerprint density at radius 1 is 0.944 bits per heavy atom. The molecule has 11 heteroatoms. The molecule has 0 aliphatic carbocycles. The molecular formula is C43H44FN5O4S. The summed E-state index contributed by atoms with van der Waals surface area (Å²) >= 11 is 1.37. The van der Waals surface area contributed by atoms with Gasteiger partial charge in [0.1, 0.15) is 11.6 Å². The van der Waals surface area contributed by atoms with Gasteiger partial charge in [-0.15, -0.1) is 11.3 Å². The standard InChI is InChI=1S/C29H26FN3O2S.C14H18N2O2/c1-17-5-4-6-18(2)26(17)32-28(34)25-15-20-13-14-33(29(35)19-7-10-22(31-3)11-8-19)24-16-21(30)9-12-23(24)27(20)36-25;1-11-2-3-12(8-17)13(15-11)16-9-14(10-16)4-6-18-7-5-14/h4-12,15-16,31H,13-14H2,1-3H3,(H,32,34);2-3,8H,4-7,9-10H2,1H3. The van der Waals surface area contributed by atoms with Gasteiger partial charge in [-0.1, -0.05) is 18.2 Å². The molecule has 1 spiro atoms. The number of pyridine rings is 1. The predicted octanol–water partition coefficient (Wildman–Crippen LogP) is 8.49. The number of benzene rings is 3. The van der Waals surface area contributed by atoms with Gasteiger partial charge in [0.15, 0.2) is 6.29 Å². The van der Waals surface area contributed by atoms with E-state index in [1.54, 1.807) is 23.1 Å². The summed E-state index contributed by atoms with van der Waals surface area (Å²) in [4.78, 5) is 47.5. The number of aryl methyl sites for hydroxylation is 3. The second kappa shape index (κ2) is 15.5. The quantitative estimate of drug-likeness (QED) is 0.168. The molecule has 3 aliphatic rings.